The van der Waals surface area contributed by atoms with Gasteiger partial charge in [-0.3, -0.25) is 9.69 Å². The van der Waals surface area contributed by atoms with Gasteiger partial charge in [0, 0.05) is 18.2 Å². The molecule has 1 amide bonds. The summed E-state index contributed by atoms with van der Waals surface area (Å²) in [5.74, 6) is 1.51. The summed E-state index contributed by atoms with van der Waals surface area (Å²) >= 11 is 6.82. The summed E-state index contributed by atoms with van der Waals surface area (Å²) < 4.78 is 12.2. The van der Waals surface area contributed by atoms with Crippen molar-refractivity contribution in [3.63, 3.8) is 0 Å². The van der Waals surface area contributed by atoms with Crippen molar-refractivity contribution in [1.29, 1.82) is 0 Å². The summed E-state index contributed by atoms with van der Waals surface area (Å²) in [6, 6.07) is 17.7. The van der Waals surface area contributed by atoms with E-state index in [-0.39, 0.29) is 5.91 Å². The number of hydrogen-bond donors (Lipinski definition) is 1. The van der Waals surface area contributed by atoms with Gasteiger partial charge in [-0.15, -0.1) is 0 Å². The van der Waals surface area contributed by atoms with E-state index in [1.807, 2.05) is 60.7 Å². The molecule has 1 atom stereocenters. The number of nitrogens with zero attached hydrogens (tertiary/aromatic N) is 1. The first-order valence-corrected chi connectivity index (χ1v) is 11.3. The first kappa shape index (κ1) is 20.9. The maximum Gasteiger partial charge on any atom is 0.266 e. The lowest BCUT2D eigenvalue weighted by molar-refractivity contribution is -0.122. The maximum atomic E-state index is 12.9. The van der Waals surface area contributed by atoms with Gasteiger partial charge < -0.3 is 14.8 Å². The minimum atomic E-state index is -0.0269. The summed E-state index contributed by atoms with van der Waals surface area (Å²) in [5.41, 5.74) is 0.858. The molecular weight excluding hydrogens is 416 g/mol. The number of benzene rings is 2. The molecule has 0 radical (unpaired) electrons. The van der Waals surface area contributed by atoms with Crippen LogP contribution in [0.25, 0.3) is 6.08 Å². The second-order valence-electron chi connectivity index (χ2n) is 7.13. The Hall–Kier alpha value is -2.35. The van der Waals surface area contributed by atoms with Crippen molar-refractivity contribution in [3.8, 4) is 11.5 Å². The van der Waals surface area contributed by atoms with Crippen molar-refractivity contribution in [1.82, 2.24) is 10.2 Å². The van der Waals surface area contributed by atoms with Crippen LogP contribution >= 0.6 is 24.0 Å². The molecule has 4 rings (SSSR count). The molecule has 0 bridgehead atoms. The molecule has 0 saturated carbocycles. The second kappa shape index (κ2) is 10.1. The van der Waals surface area contributed by atoms with E-state index in [4.69, 9.17) is 21.7 Å². The molecule has 2 fully saturated rings. The number of nitrogens with one attached hydrogen (secondary N) is 1. The van der Waals surface area contributed by atoms with Crippen molar-refractivity contribution in [2.45, 2.75) is 18.9 Å². The SMILES string of the molecule is O=C1/C(=C\c2ccccc2OCCOc2ccccc2)SC(=S)N1CC1CCCN1. The number of carbonyl (C=O) groups is 1. The largest absolute Gasteiger partial charge is 0.490 e. The highest BCUT2D eigenvalue weighted by atomic mass is 32.2. The third-order valence-corrected chi connectivity index (χ3v) is 6.38. The maximum absolute atomic E-state index is 12.9. The van der Waals surface area contributed by atoms with Crippen molar-refractivity contribution < 1.29 is 14.3 Å². The van der Waals surface area contributed by atoms with Crippen LogP contribution in [0.5, 0.6) is 11.5 Å². The number of ether oxygens (including phenoxy) is 2. The summed E-state index contributed by atoms with van der Waals surface area (Å²) in [6.07, 6.45) is 4.10. The van der Waals surface area contributed by atoms with Gasteiger partial charge in [0.1, 0.15) is 29.0 Å². The quantitative estimate of drug-likeness (QED) is 0.379. The molecular formula is C23H24N2O3S2. The lowest BCUT2D eigenvalue weighted by Crippen LogP contribution is -2.39. The number of carbonyl (C=O) groups excluding carboxylic acids is 1. The molecule has 2 aliphatic heterocycles. The van der Waals surface area contributed by atoms with Crippen molar-refractivity contribution >= 4 is 40.3 Å². The second-order valence-corrected chi connectivity index (χ2v) is 8.81. The summed E-state index contributed by atoms with van der Waals surface area (Å²) in [4.78, 5) is 15.2. The Kier molecular flexibility index (Phi) is 7.04. The highest BCUT2D eigenvalue weighted by Crippen LogP contribution is 2.34. The molecule has 2 aromatic rings. The molecule has 0 aliphatic carbocycles. The third kappa shape index (κ3) is 5.22. The monoisotopic (exact) mass is 440 g/mol. The molecule has 2 heterocycles. The summed E-state index contributed by atoms with van der Waals surface area (Å²) in [6.45, 7) is 2.49. The van der Waals surface area contributed by atoms with Crippen molar-refractivity contribution in [2.24, 2.45) is 0 Å². The standard InChI is InChI=1S/C23H24N2O3S2/c26-22-21(30-23(29)25(22)16-18-8-6-12-24-18)15-17-7-4-5-11-20(17)28-14-13-27-19-9-2-1-3-10-19/h1-5,7,9-11,15,18,24H,6,8,12-14,16H2/b21-15+. The van der Waals surface area contributed by atoms with Crippen LogP contribution in [0.15, 0.2) is 59.5 Å². The molecule has 1 N–H and O–H groups in total. The van der Waals surface area contributed by atoms with E-state index >= 15 is 0 Å². The van der Waals surface area contributed by atoms with E-state index in [1.54, 1.807) is 4.90 Å². The zero-order valence-electron chi connectivity index (χ0n) is 16.6. The first-order valence-electron chi connectivity index (χ1n) is 10.1. The highest BCUT2D eigenvalue weighted by molar-refractivity contribution is 8.26. The van der Waals surface area contributed by atoms with Gasteiger partial charge in [0.2, 0.25) is 0 Å². The normalized spacial score (nSPS) is 20.2. The minimum Gasteiger partial charge on any atom is -0.490 e. The van der Waals surface area contributed by atoms with Crippen LogP contribution in [0.2, 0.25) is 0 Å². The Labute approximate surface area is 186 Å². The zero-order valence-corrected chi connectivity index (χ0v) is 18.2. The van der Waals surface area contributed by atoms with Gasteiger partial charge in [-0.25, -0.2) is 0 Å². The first-order chi connectivity index (χ1) is 14.7. The van der Waals surface area contributed by atoms with Crippen LogP contribution in [-0.4, -0.2) is 47.5 Å². The molecule has 0 spiro atoms. The Morgan fingerprint density at radius 3 is 2.67 bits per heavy atom. The Balaban J connectivity index is 1.38. The van der Waals surface area contributed by atoms with E-state index in [2.05, 4.69) is 5.32 Å². The van der Waals surface area contributed by atoms with Gasteiger partial charge in [0.05, 0.1) is 4.91 Å². The van der Waals surface area contributed by atoms with Crippen LogP contribution in [-0.2, 0) is 4.79 Å². The predicted octanol–water partition coefficient (Wildman–Crippen LogP) is 4.10. The van der Waals surface area contributed by atoms with Gasteiger partial charge in [0.25, 0.3) is 5.91 Å². The fraction of sp³-hybridized carbons (Fsp3) is 0.304. The molecule has 2 saturated heterocycles. The highest BCUT2D eigenvalue weighted by Gasteiger charge is 2.34. The third-order valence-electron chi connectivity index (χ3n) is 5.00. The zero-order chi connectivity index (χ0) is 20.8. The Bertz CT molecular complexity index is 927. The minimum absolute atomic E-state index is 0.0269. The predicted molar refractivity (Wildman–Crippen MR) is 125 cm³/mol. The van der Waals surface area contributed by atoms with Crippen LogP contribution in [0, 0.1) is 0 Å². The van der Waals surface area contributed by atoms with E-state index in [9.17, 15) is 4.79 Å². The van der Waals surface area contributed by atoms with Crippen LogP contribution in [0.1, 0.15) is 18.4 Å². The summed E-state index contributed by atoms with van der Waals surface area (Å²) in [5, 5.41) is 3.42. The molecule has 2 aliphatic rings. The van der Waals surface area contributed by atoms with Gasteiger partial charge in [-0.2, -0.15) is 0 Å². The molecule has 5 nitrogen and oxygen atoms in total. The molecule has 156 valence electrons. The number of hydrogen-bond acceptors (Lipinski definition) is 6. The average Bonchev–Trinajstić information content (AvgIpc) is 3.37. The van der Waals surface area contributed by atoms with E-state index < -0.39 is 0 Å². The van der Waals surface area contributed by atoms with E-state index in [0.29, 0.717) is 35.0 Å². The Morgan fingerprint density at radius 1 is 1.10 bits per heavy atom. The van der Waals surface area contributed by atoms with Crippen molar-refractivity contribution in [2.75, 3.05) is 26.3 Å². The van der Waals surface area contributed by atoms with Crippen LogP contribution in [0.3, 0.4) is 0 Å². The van der Waals surface area contributed by atoms with Gasteiger partial charge in [0.15, 0.2) is 0 Å². The van der Waals surface area contributed by atoms with Gasteiger partial charge in [-0.1, -0.05) is 60.4 Å². The molecule has 1 unspecified atom stereocenters. The van der Waals surface area contributed by atoms with Crippen LogP contribution < -0.4 is 14.8 Å². The lowest BCUT2D eigenvalue weighted by Gasteiger charge is -2.19. The number of para-hydroxylation sites is 2. The topological polar surface area (TPSA) is 50.8 Å². The van der Waals surface area contributed by atoms with Crippen LogP contribution in [0.4, 0.5) is 0 Å². The lowest BCUT2D eigenvalue weighted by atomic mass is 10.1. The van der Waals surface area contributed by atoms with Gasteiger partial charge in [-0.05, 0) is 43.7 Å². The number of thioether (sulfide) groups is 1. The average molecular weight is 441 g/mol. The number of thiocarbonyl (C=S) groups is 1. The number of rotatable bonds is 8. The molecule has 2 aromatic carbocycles. The molecule has 30 heavy (non-hydrogen) atoms. The van der Waals surface area contributed by atoms with Gasteiger partial charge >= 0.3 is 0 Å². The molecule has 7 heteroatoms. The molecule has 0 aromatic heterocycles. The Morgan fingerprint density at radius 2 is 1.87 bits per heavy atom. The fourth-order valence-corrected chi connectivity index (χ4v) is 4.76. The van der Waals surface area contributed by atoms with E-state index in [0.717, 1.165) is 36.4 Å². The van der Waals surface area contributed by atoms with E-state index in [1.165, 1.54) is 11.8 Å². The summed E-state index contributed by atoms with van der Waals surface area (Å²) in [7, 11) is 0. The number of amides is 1. The smallest absolute Gasteiger partial charge is 0.266 e. The fourth-order valence-electron chi connectivity index (χ4n) is 3.49. The van der Waals surface area contributed by atoms with Crippen molar-refractivity contribution in [3.05, 3.63) is 65.1 Å².